The molecule has 1 N–H and O–H groups in total. The predicted molar refractivity (Wildman–Crippen MR) is 70.5 cm³/mol. The molecule has 0 aliphatic rings. The summed E-state index contributed by atoms with van der Waals surface area (Å²) >= 11 is 3.10. The minimum atomic E-state index is -0.655. The number of aryl methyl sites for hydroxylation is 1. The molecule has 0 aromatic carbocycles. The van der Waals surface area contributed by atoms with E-state index in [2.05, 4.69) is 9.97 Å². The molecule has 3 aromatic rings. The van der Waals surface area contributed by atoms with E-state index in [1.807, 2.05) is 35.9 Å². The van der Waals surface area contributed by atoms with Crippen LogP contribution in [0.1, 0.15) is 22.5 Å². The molecule has 0 aliphatic carbocycles. The molecule has 5 heteroatoms. The van der Waals surface area contributed by atoms with E-state index in [-0.39, 0.29) is 0 Å². The highest BCUT2D eigenvalue weighted by atomic mass is 32.1. The van der Waals surface area contributed by atoms with Gasteiger partial charge in [-0.1, -0.05) is 6.07 Å². The van der Waals surface area contributed by atoms with Crippen LogP contribution in [0.2, 0.25) is 0 Å². The molecule has 1 atom stereocenters. The highest BCUT2D eigenvalue weighted by Crippen LogP contribution is 2.31. The second-order valence-corrected chi connectivity index (χ2v) is 5.60. The molecule has 3 aromatic heterocycles. The van der Waals surface area contributed by atoms with Crippen molar-refractivity contribution in [2.75, 3.05) is 0 Å². The Morgan fingerprint density at radius 3 is 2.82 bits per heavy atom. The standard InChI is InChI=1S/C12H10N2OS2/c1-7-13-8-4-6-17-12(8)10(14-7)11(15)9-3-2-5-16-9/h2-6,11,15H,1H3. The van der Waals surface area contributed by atoms with Gasteiger partial charge >= 0.3 is 0 Å². The van der Waals surface area contributed by atoms with E-state index in [1.165, 1.54) is 11.3 Å². The lowest BCUT2D eigenvalue weighted by molar-refractivity contribution is 0.221. The van der Waals surface area contributed by atoms with Crippen molar-refractivity contribution < 1.29 is 5.11 Å². The predicted octanol–water partition coefficient (Wildman–Crippen LogP) is 3.14. The van der Waals surface area contributed by atoms with E-state index in [9.17, 15) is 5.11 Å². The van der Waals surface area contributed by atoms with Crippen LogP contribution in [0.5, 0.6) is 0 Å². The van der Waals surface area contributed by atoms with Gasteiger partial charge in [-0.15, -0.1) is 22.7 Å². The minimum absolute atomic E-state index is 0.655. The van der Waals surface area contributed by atoms with Crippen LogP contribution in [0.3, 0.4) is 0 Å². The first kappa shape index (κ1) is 10.8. The van der Waals surface area contributed by atoms with Gasteiger partial charge in [-0.3, -0.25) is 0 Å². The molecule has 0 fully saturated rings. The third-order valence-corrected chi connectivity index (χ3v) is 4.36. The first-order valence-electron chi connectivity index (χ1n) is 5.19. The number of thiophene rings is 2. The minimum Gasteiger partial charge on any atom is -0.381 e. The van der Waals surface area contributed by atoms with E-state index in [4.69, 9.17) is 0 Å². The fourth-order valence-corrected chi connectivity index (χ4v) is 3.33. The van der Waals surface area contributed by atoms with Crippen LogP contribution in [0, 0.1) is 6.92 Å². The van der Waals surface area contributed by atoms with Crippen LogP contribution < -0.4 is 0 Å². The Bertz CT molecular complexity index is 646. The molecular formula is C12H10N2OS2. The molecule has 0 aliphatic heterocycles. The summed E-state index contributed by atoms with van der Waals surface area (Å²) in [6, 6.07) is 5.81. The van der Waals surface area contributed by atoms with Crippen molar-refractivity contribution in [2.24, 2.45) is 0 Å². The fraction of sp³-hybridized carbons (Fsp3) is 0.167. The molecular weight excluding hydrogens is 252 g/mol. The van der Waals surface area contributed by atoms with Crippen molar-refractivity contribution in [3.8, 4) is 0 Å². The molecule has 17 heavy (non-hydrogen) atoms. The van der Waals surface area contributed by atoms with E-state index in [0.29, 0.717) is 11.5 Å². The first-order chi connectivity index (χ1) is 8.25. The Morgan fingerprint density at radius 2 is 2.06 bits per heavy atom. The maximum atomic E-state index is 10.3. The van der Waals surface area contributed by atoms with Crippen LogP contribution >= 0.6 is 22.7 Å². The van der Waals surface area contributed by atoms with Crippen molar-refractivity contribution in [2.45, 2.75) is 13.0 Å². The molecule has 0 bridgehead atoms. The van der Waals surface area contributed by atoms with Crippen LogP contribution in [0.4, 0.5) is 0 Å². The molecule has 3 heterocycles. The lowest BCUT2D eigenvalue weighted by Crippen LogP contribution is -2.03. The van der Waals surface area contributed by atoms with E-state index in [1.54, 1.807) is 11.3 Å². The second-order valence-electron chi connectivity index (χ2n) is 3.71. The smallest absolute Gasteiger partial charge is 0.132 e. The van der Waals surface area contributed by atoms with Gasteiger partial charge < -0.3 is 5.11 Å². The van der Waals surface area contributed by atoms with Gasteiger partial charge in [0.25, 0.3) is 0 Å². The van der Waals surface area contributed by atoms with Crippen molar-refractivity contribution >= 4 is 32.9 Å². The van der Waals surface area contributed by atoms with Crippen molar-refractivity contribution in [1.82, 2.24) is 9.97 Å². The van der Waals surface area contributed by atoms with Crippen LogP contribution in [-0.2, 0) is 0 Å². The highest BCUT2D eigenvalue weighted by molar-refractivity contribution is 7.17. The van der Waals surface area contributed by atoms with E-state index in [0.717, 1.165) is 15.1 Å². The van der Waals surface area contributed by atoms with Gasteiger partial charge in [0.1, 0.15) is 11.9 Å². The molecule has 1 unspecified atom stereocenters. The molecule has 0 spiro atoms. The first-order valence-corrected chi connectivity index (χ1v) is 6.95. The summed E-state index contributed by atoms with van der Waals surface area (Å²) in [6.07, 6.45) is -0.655. The molecule has 3 nitrogen and oxygen atoms in total. The van der Waals surface area contributed by atoms with Gasteiger partial charge in [-0.25, -0.2) is 9.97 Å². The Labute approximate surface area is 106 Å². The molecule has 0 saturated carbocycles. The molecule has 3 rings (SSSR count). The van der Waals surface area contributed by atoms with Crippen LogP contribution in [-0.4, -0.2) is 15.1 Å². The third kappa shape index (κ3) is 1.86. The second kappa shape index (κ2) is 4.18. The zero-order chi connectivity index (χ0) is 11.8. The summed E-state index contributed by atoms with van der Waals surface area (Å²) in [7, 11) is 0. The summed E-state index contributed by atoms with van der Waals surface area (Å²) < 4.78 is 0.969. The van der Waals surface area contributed by atoms with E-state index >= 15 is 0 Å². The normalized spacial score (nSPS) is 13.1. The summed E-state index contributed by atoms with van der Waals surface area (Å²) in [5.74, 6) is 0.696. The Morgan fingerprint density at radius 1 is 1.18 bits per heavy atom. The number of hydrogen-bond donors (Lipinski definition) is 1. The fourth-order valence-electron chi connectivity index (χ4n) is 1.77. The number of aromatic nitrogens is 2. The number of fused-ring (bicyclic) bond motifs is 1. The van der Waals surface area contributed by atoms with Gasteiger partial charge in [0.2, 0.25) is 0 Å². The lowest BCUT2D eigenvalue weighted by Gasteiger charge is -2.09. The van der Waals surface area contributed by atoms with Gasteiger partial charge in [-0.05, 0) is 29.8 Å². The Kier molecular flexibility index (Phi) is 2.66. The highest BCUT2D eigenvalue weighted by Gasteiger charge is 2.18. The quantitative estimate of drug-likeness (QED) is 0.771. The molecule has 0 amide bonds. The van der Waals surface area contributed by atoms with Crippen molar-refractivity contribution in [3.63, 3.8) is 0 Å². The van der Waals surface area contributed by atoms with Gasteiger partial charge in [0, 0.05) is 4.88 Å². The monoisotopic (exact) mass is 262 g/mol. The largest absolute Gasteiger partial charge is 0.381 e. The summed E-state index contributed by atoms with van der Waals surface area (Å²) in [4.78, 5) is 9.65. The number of hydrogen-bond acceptors (Lipinski definition) is 5. The number of aliphatic hydroxyl groups is 1. The average Bonchev–Trinajstić information content (AvgIpc) is 2.97. The number of nitrogens with zero attached hydrogens (tertiary/aromatic N) is 2. The lowest BCUT2D eigenvalue weighted by atomic mass is 10.2. The maximum absolute atomic E-state index is 10.3. The van der Waals surface area contributed by atoms with Crippen molar-refractivity contribution in [3.05, 3.63) is 45.4 Å². The van der Waals surface area contributed by atoms with Crippen LogP contribution in [0.15, 0.2) is 29.0 Å². The van der Waals surface area contributed by atoms with Gasteiger partial charge in [0.05, 0.1) is 15.9 Å². The molecule has 0 radical (unpaired) electrons. The summed E-state index contributed by atoms with van der Waals surface area (Å²) in [5, 5.41) is 14.3. The van der Waals surface area contributed by atoms with Gasteiger partial charge in [-0.2, -0.15) is 0 Å². The van der Waals surface area contributed by atoms with Crippen LogP contribution in [0.25, 0.3) is 10.2 Å². The number of rotatable bonds is 2. The van der Waals surface area contributed by atoms with Crippen molar-refractivity contribution in [1.29, 1.82) is 0 Å². The third-order valence-electron chi connectivity index (χ3n) is 2.51. The summed E-state index contributed by atoms with van der Waals surface area (Å²) in [5.41, 5.74) is 1.62. The molecule has 0 saturated heterocycles. The Balaban J connectivity index is 2.19. The molecule has 86 valence electrons. The maximum Gasteiger partial charge on any atom is 0.132 e. The summed E-state index contributed by atoms with van der Waals surface area (Å²) in [6.45, 7) is 1.85. The zero-order valence-electron chi connectivity index (χ0n) is 9.12. The topological polar surface area (TPSA) is 46.0 Å². The SMILES string of the molecule is Cc1nc(C(O)c2cccs2)c2sccc2n1. The van der Waals surface area contributed by atoms with Gasteiger partial charge in [0.15, 0.2) is 0 Å². The van der Waals surface area contributed by atoms with E-state index < -0.39 is 6.10 Å². The average molecular weight is 262 g/mol. The number of aliphatic hydroxyl groups excluding tert-OH is 1. The Hall–Kier alpha value is -1.30. The zero-order valence-corrected chi connectivity index (χ0v) is 10.8.